The van der Waals surface area contributed by atoms with Gasteiger partial charge >= 0.3 is 0 Å². The molecule has 0 aliphatic carbocycles. The fraction of sp³-hybridized carbons (Fsp3) is 0.267. The van der Waals surface area contributed by atoms with Crippen LogP contribution in [0.15, 0.2) is 24.3 Å². The second kappa shape index (κ2) is 4.46. The van der Waals surface area contributed by atoms with Gasteiger partial charge in [0.05, 0.1) is 4.88 Å². The molecule has 17 heavy (non-hydrogen) atoms. The lowest BCUT2D eigenvalue weighted by atomic mass is 10.00. The predicted molar refractivity (Wildman–Crippen MR) is 73.1 cm³/mol. The lowest BCUT2D eigenvalue weighted by Gasteiger charge is -2.05. The summed E-state index contributed by atoms with van der Waals surface area (Å²) in [5, 5.41) is 0. The Morgan fingerprint density at radius 1 is 1.00 bits per heavy atom. The van der Waals surface area contributed by atoms with E-state index < -0.39 is 0 Å². The van der Waals surface area contributed by atoms with Crippen molar-refractivity contribution < 1.29 is 4.79 Å². The van der Waals surface area contributed by atoms with Gasteiger partial charge in [0.1, 0.15) is 0 Å². The van der Waals surface area contributed by atoms with Crippen molar-refractivity contribution in [1.82, 2.24) is 0 Å². The fourth-order valence-corrected chi connectivity index (χ4v) is 2.95. The molecule has 0 aliphatic rings. The van der Waals surface area contributed by atoms with Crippen LogP contribution in [-0.4, -0.2) is 5.78 Å². The molecule has 0 saturated carbocycles. The van der Waals surface area contributed by atoms with Gasteiger partial charge in [-0.3, -0.25) is 4.79 Å². The number of carbonyl (C=O) groups excluding carboxylic acids is 1. The third-order valence-corrected chi connectivity index (χ3v) is 4.04. The van der Waals surface area contributed by atoms with Crippen LogP contribution in [-0.2, 0) is 0 Å². The van der Waals surface area contributed by atoms with E-state index in [1.807, 2.05) is 45.9 Å². The zero-order chi connectivity index (χ0) is 12.6. The maximum Gasteiger partial charge on any atom is 0.203 e. The number of rotatable bonds is 2. The van der Waals surface area contributed by atoms with E-state index in [4.69, 9.17) is 0 Å². The summed E-state index contributed by atoms with van der Waals surface area (Å²) in [6.45, 7) is 8.05. The van der Waals surface area contributed by atoms with Gasteiger partial charge < -0.3 is 0 Å². The Balaban J connectivity index is 2.50. The molecular formula is C15H16OS. The van der Waals surface area contributed by atoms with Gasteiger partial charge in [0, 0.05) is 10.4 Å². The van der Waals surface area contributed by atoms with Crippen LogP contribution >= 0.6 is 11.3 Å². The van der Waals surface area contributed by atoms with Gasteiger partial charge in [-0.1, -0.05) is 17.7 Å². The summed E-state index contributed by atoms with van der Waals surface area (Å²) in [5.74, 6) is 0.154. The van der Waals surface area contributed by atoms with E-state index in [2.05, 4.69) is 6.07 Å². The SMILES string of the molecule is Cc1ccc(C)c(C(=O)c2sc(C)cc2C)c1. The molecule has 1 heterocycles. The molecule has 1 aromatic heterocycles. The lowest BCUT2D eigenvalue weighted by molar-refractivity contribution is 0.104. The number of hydrogen-bond acceptors (Lipinski definition) is 2. The van der Waals surface area contributed by atoms with Crippen LogP contribution in [0.3, 0.4) is 0 Å². The number of carbonyl (C=O) groups is 1. The van der Waals surface area contributed by atoms with E-state index in [9.17, 15) is 4.79 Å². The highest BCUT2D eigenvalue weighted by atomic mass is 32.1. The van der Waals surface area contributed by atoms with Crippen LogP contribution in [0.1, 0.15) is 36.8 Å². The summed E-state index contributed by atoms with van der Waals surface area (Å²) >= 11 is 1.58. The molecule has 0 spiro atoms. The van der Waals surface area contributed by atoms with E-state index in [0.29, 0.717) is 0 Å². The molecule has 0 saturated heterocycles. The summed E-state index contributed by atoms with van der Waals surface area (Å²) in [4.78, 5) is 14.5. The van der Waals surface area contributed by atoms with Crippen molar-refractivity contribution in [3.05, 3.63) is 56.3 Å². The van der Waals surface area contributed by atoms with Gasteiger partial charge in [-0.2, -0.15) is 0 Å². The molecule has 0 bridgehead atoms. The maximum absolute atomic E-state index is 12.5. The first-order chi connectivity index (χ1) is 7.99. The first-order valence-electron chi connectivity index (χ1n) is 5.68. The first-order valence-corrected chi connectivity index (χ1v) is 6.49. The van der Waals surface area contributed by atoms with E-state index in [-0.39, 0.29) is 5.78 Å². The first kappa shape index (κ1) is 12.1. The lowest BCUT2D eigenvalue weighted by Crippen LogP contribution is -2.03. The average molecular weight is 244 g/mol. The topological polar surface area (TPSA) is 17.1 Å². The number of ketones is 1. The second-order valence-electron chi connectivity index (χ2n) is 4.52. The highest BCUT2D eigenvalue weighted by Gasteiger charge is 2.16. The minimum absolute atomic E-state index is 0.154. The standard InChI is InChI=1S/C15H16OS/c1-9-5-6-10(2)13(7-9)14(16)15-11(3)8-12(4)17-15/h5-8H,1-4H3. The Morgan fingerprint density at radius 2 is 1.71 bits per heavy atom. The van der Waals surface area contributed by atoms with Crippen LogP contribution in [0, 0.1) is 27.7 Å². The van der Waals surface area contributed by atoms with Crippen LogP contribution in [0.4, 0.5) is 0 Å². The van der Waals surface area contributed by atoms with Gasteiger partial charge in [0.25, 0.3) is 0 Å². The van der Waals surface area contributed by atoms with Crippen LogP contribution in [0.2, 0.25) is 0 Å². The Morgan fingerprint density at radius 3 is 2.29 bits per heavy atom. The zero-order valence-corrected chi connectivity index (χ0v) is 11.4. The molecule has 0 fully saturated rings. The Labute approximate surface area is 106 Å². The minimum atomic E-state index is 0.154. The quantitative estimate of drug-likeness (QED) is 0.723. The molecule has 0 radical (unpaired) electrons. The number of thiophene rings is 1. The maximum atomic E-state index is 12.5. The van der Waals surface area contributed by atoms with Crippen molar-refractivity contribution in [3.63, 3.8) is 0 Å². The Hall–Kier alpha value is -1.41. The van der Waals surface area contributed by atoms with Crippen LogP contribution in [0.5, 0.6) is 0 Å². The normalized spacial score (nSPS) is 10.6. The average Bonchev–Trinajstić information content (AvgIpc) is 2.60. The molecule has 2 aromatic rings. The molecule has 0 atom stereocenters. The zero-order valence-electron chi connectivity index (χ0n) is 10.6. The monoisotopic (exact) mass is 244 g/mol. The van der Waals surface area contributed by atoms with Gasteiger partial charge in [0.15, 0.2) is 0 Å². The Bertz CT molecular complexity index is 579. The number of aryl methyl sites for hydroxylation is 4. The van der Waals surface area contributed by atoms with Crippen LogP contribution in [0.25, 0.3) is 0 Å². The van der Waals surface area contributed by atoms with Gasteiger partial charge in [-0.15, -0.1) is 11.3 Å². The van der Waals surface area contributed by atoms with Gasteiger partial charge in [-0.05, 0) is 51.0 Å². The van der Waals surface area contributed by atoms with E-state index in [0.717, 1.165) is 27.1 Å². The van der Waals surface area contributed by atoms with Crippen molar-refractivity contribution in [2.24, 2.45) is 0 Å². The third-order valence-electron chi connectivity index (χ3n) is 2.88. The second-order valence-corrected chi connectivity index (χ2v) is 5.77. The highest BCUT2D eigenvalue weighted by Crippen LogP contribution is 2.25. The van der Waals surface area contributed by atoms with Crippen molar-refractivity contribution in [2.75, 3.05) is 0 Å². The molecule has 1 aromatic carbocycles. The molecule has 2 heteroatoms. The smallest absolute Gasteiger partial charge is 0.203 e. The summed E-state index contributed by atoms with van der Waals surface area (Å²) < 4.78 is 0. The molecule has 2 rings (SSSR count). The van der Waals surface area contributed by atoms with Crippen molar-refractivity contribution in [3.8, 4) is 0 Å². The number of benzene rings is 1. The summed E-state index contributed by atoms with van der Waals surface area (Å²) in [5.41, 5.74) is 4.09. The van der Waals surface area contributed by atoms with Gasteiger partial charge in [-0.25, -0.2) is 0 Å². The highest BCUT2D eigenvalue weighted by molar-refractivity contribution is 7.14. The van der Waals surface area contributed by atoms with E-state index >= 15 is 0 Å². The molecule has 0 aliphatic heterocycles. The molecule has 0 amide bonds. The Kier molecular flexibility index (Phi) is 3.16. The molecular weight excluding hydrogens is 228 g/mol. The van der Waals surface area contributed by atoms with Crippen molar-refractivity contribution in [2.45, 2.75) is 27.7 Å². The molecule has 0 N–H and O–H groups in total. The van der Waals surface area contributed by atoms with Crippen molar-refractivity contribution >= 4 is 17.1 Å². The van der Waals surface area contributed by atoms with E-state index in [1.54, 1.807) is 11.3 Å². The van der Waals surface area contributed by atoms with Crippen molar-refractivity contribution in [1.29, 1.82) is 0 Å². The van der Waals surface area contributed by atoms with Gasteiger partial charge in [0.2, 0.25) is 5.78 Å². The molecule has 88 valence electrons. The molecule has 1 nitrogen and oxygen atoms in total. The minimum Gasteiger partial charge on any atom is -0.288 e. The third kappa shape index (κ3) is 2.32. The summed E-state index contributed by atoms with van der Waals surface area (Å²) in [6.07, 6.45) is 0. The molecule has 0 unspecified atom stereocenters. The fourth-order valence-electron chi connectivity index (χ4n) is 1.97. The predicted octanol–water partition coefficient (Wildman–Crippen LogP) is 4.21. The van der Waals surface area contributed by atoms with E-state index in [1.165, 1.54) is 4.88 Å². The summed E-state index contributed by atoms with van der Waals surface area (Å²) in [6, 6.07) is 8.10. The summed E-state index contributed by atoms with van der Waals surface area (Å²) in [7, 11) is 0. The van der Waals surface area contributed by atoms with Crippen LogP contribution < -0.4 is 0 Å². The largest absolute Gasteiger partial charge is 0.288 e. The number of hydrogen-bond donors (Lipinski definition) is 0.